The number of nitrogens with one attached hydrogen (secondary N) is 1. The summed E-state index contributed by atoms with van der Waals surface area (Å²) in [6.45, 7) is 12.7. The molecule has 0 saturated carbocycles. The van der Waals surface area contributed by atoms with Crippen LogP contribution in [0.25, 0.3) is 0 Å². The highest BCUT2D eigenvalue weighted by Crippen LogP contribution is 2.31. The SMILES string of the molecule is CC(C)(C)c1ccc(C(C)(C)C)c(C(=O)Nc2ccc(Cl)cn2)c1. The Morgan fingerprint density at radius 2 is 1.67 bits per heavy atom. The molecule has 0 bridgehead atoms. The number of benzene rings is 1. The lowest BCUT2D eigenvalue weighted by atomic mass is 9.79. The van der Waals surface area contributed by atoms with Crippen LogP contribution in [0.1, 0.15) is 63.0 Å². The molecular weight excluding hydrogens is 320 g/mol. The zero-order valence-electron chi connectivity index (χ0n) is 15.2. The van der Waals surface area contributed by atoms with Gasteiger partial charge in [0.25, 0.3) is 5.91 Å². The van der Waals surface area contributed by atoms with Gasteiger partial charge in [0.2, 0.25) is 0 Å². The molecule has 0 aliphatic carbocycles. The predicted molar refractivity (Wildman–Crippen MR) is 101 cm³/mol. The fourth-order valence-corrected chi connectivity index (χ4v) is 2.60. The first kappa shape index (κ1) is 18.5. The Morgan fingerprint density at radius 1 is 1.00 bits per heavy atom. The van der Waals surface area contributed by atoms with E-state index in [2.05, 4.69) is 64.0 Å². The van der Waals surface area contributed by atoms with Gasteiger partial charge < -0.3 is 5.32 Å². The van der Waals surface area contributed by atoms with Gasteiger partial charge in [0.1, 0.15) is 5.82 Å². The molecule has 24 heavy (non-hydrogen) atoms. The van der Waals surface area contributed by atoms with E-state index in [0.717, 1.165) is 11.1 Å². The van der Waals surface area contributed by atoms with Crippen LogP contribution in [0, 0.1) is 0 Å². The molecule has 0 radical (unpaired) electrons. The first-order chi connectivity index (χ1) is 11.0. The Kier molecular flexibility index (Phi) is 5.05. The van der Waals surface area contributed by atoms with E-state index in [0.29, 0.717) is 16.4 Å². The molecule has 1 N–H and O–H groups in total. The summed E-state index contributed by atoms with van der Waals surface area (Å²) >= 11 is 5.85. The maximum Gasteiger partial charge on any atom is 0.257 e. The van der Waals surface area contributed by atoms with Crippen LogP contribution in [0.4, 0.5) is 5.82 Å². The summed E-state index contributed by atoms with van der Waals surface area (Å²) in [7, 11) is 0. The predicted octanol–water partition coefficient (Wildman–Crippen LogP) is 5.58. The Bertz CT molecular complexity index is 738. The summed E-state index contributed by atoms with van der Waals surface area (Å²) in [6, 6.07) is 9.57. The fourth-order valence-electron chi connectivity index (χ4n) is 2.49. The summed E-state index contributed by atoms with van der Waals surface area (Å²) < 4.78 is 0. The van der Waals surface area contributed by atoms with Crippen molar-refractivity contribution in [3.63, 3.8) is 0 Å². The minimum atomic E-state index is -0.152. The largest absolute Gasteiger partial charge is 0.307 e. The van der Waals surface area contributed by atoms with Crippen LogP contribution in [0.5, 0.6) is 0 Å². The monoisotopic (exact) mass is 344 g/mol. The molecule has 0 atom stereocenters. The summed E-state index contributed by atoms with van der Waals surface area (Å²) in [6.07, 6.45) is 1.52. The maximum atomic E-state index is 12.9. The highest BCUT2D eigenvalue weighted by atomic mass is 35.5. The average Bonchev–Trinajstić information content (AvgIpc) is 2.47. The second kappa shape index (κ2) is 6.56. The van der Waals surface area contributed by atoms with E-state index >= 15 is 0 Å². The number of amides is 1. The van der Waals surface area contributed by atoms with Crippen LogP contribution in [0.2, 0.25) is 5.02 Å². The molecule has 2 aromatic rings. The standard InChI is InChI=1S/C20H25ClN2O/c1-19(2,3)13-7-9-16(20(4,5)6)15(11-13)18(24)23-17-10-8-14(21)12-22-17/h7-12H,1-6H3,(H,22,23,24). The van der Waals surface area contributed by atoms with Gasteiger partial charge in [0.05, 0.1) is 5.02 Å². The average molecular weight is 345 g/mol. The highest BCUT2D eigenvalue weighted by Gasteiger charge is 2.24. The van der Waals surface area contributed by atoms with Gasteiger partial charge in [-0.3, -0.25) is 4.79 Å². The topological polar surface area (TPSA) is 42.0 Å². The van der Waals surface area contributed by atoms with E-state index in [-0.39, 0.29) is 16.7 Å². The lowest BCUT2D eigenvalue weighted by Crippen LogP contribution is -2.23. The highest BCUT2D eigenvalue weighted by molar-refractivity contribution is 6.30. The van der Waals surface area contributed by atoms with E-state index in [4.69, 9.17) is 11.6 Å². The zero-order valence-corrected chi connectivity index (χ0v) is 16.0. The third kappa shape index (κ3) is 4.35. The fraction of sp³-hybridized carbons (Fsp3) is 0.400. The van der Waals surface area contributed by atoms with Crippen LogP contribution >= 0.6 is 11.6 Å². The van der Waals surface area contributed by atoms with Gasteiger partial charge in [-0.25, -0.2) is 4.98 Å². The van der Waals surface area contributed by atoms with Crippen molar-refractivity contribution in [2.75, 3.05) is 5.32 Å². The van der Waals surface area contributed by atoms with E-state index < -0.39 is 0 Å². The van der Waals surface area contributed by atoms with Crippen molar-refractivity contribution in [2.24, 2.45) is 0 Å². The Morgan fingerprint density at radius 3 is 2.17 bits per heavy atom. The molecule has 0 unspecified atom stereocenters. The van der Waals surface area contributed by atoms with Crippen molar-refractivity contribution in [3.05, 3.63) is 58.2 Å². The van der Waals surface area contributed by atoms with Gasteiger partial charge in [0, 0.05) is 11.8 Å². The number of aromatic nitrogens is 1. The van der Waals surface area contributed by atoms with E-state index in [9.17, 15) is 4.79 Å². The molecule has 1 aromatic carbocycles. The number of pyridine rings is 1. The van der Waals surface area contributed by atoms with Gasteiger partial charge in [-0.05, 0) is 40.2 Å². The Hall–Kier alpha value is -1.87. The number of hydrogen-bond acceptors (Lipinski definition) is 2. The van der Waals surface area contributed by atoms with Crippen LogP contribution in [-0.2, 0) is 10.8 Å². The third-order valence-electron chi connectivity index (χ3n) is 3.91. The minimum Gasteiger partial charge on any atom is -0.307 e. The first-order valence-electron chi connectivity index (χ1n) is 8.06. The van der Waals surface area contributed by atoms with Gasteiger partial charge >= 0.3 is 0 Å². The molecule has 0 aliphatic rings. The number of anilines is 1. The Balaban J connectivity index is 2.45. The zero-order chi connectivity index (χ0) is 18.1. The summed E-state index contributed by atoms with van der Waals surface area (Å²) in [5.74, 6) is 0.339. The molecular formula is C20H25ClN2O. The molecule has 0 aliphatic heterocycles. The lowest BCUT2D eigenvalue weighted by Gasteiger charge is -2.26. The van der Waals surface area contributed by atoms with Crippen molar-refractivity contribution in [3.8, 4) is 0 Å². The van der Waals surface area contributed by atoms with Crippen molar-refractivity contribution in [1.29, 1.82) is 0 Å². The lowest BCUT2D eigenvalue weighted by molar-refractivity contribution is 0.102. The van der Waals surface area contributed by atoms with Gasteiger partial charge in [0.15, 0.2) is 0 Å². The van der Waals surface area contributed by atoms with E-state index in [1.807, 2.05) is 6.07 Å². The maximum absolute atomic E-state index is 12.9. The second-order valence-electron chi connectivity index (χ2n) is 8.08. The number of carbonyl (C=O) groups excluding carboxylic acids is 1. The number of carbonyl (C=O) groups is 1. The summed E-state index contributed by atoms with van der Waals surface area (Å²) in [5, 5.41) is 3.41. The van der Waals surface area contributed by atoms with E-state index in [1.54, 1.807) is 12.1 Å². The summed E-state index contributed by atoms with van der Waals surface area (Å²) in [4.78, 5) is 17.0. The normalized spacial score (nSPS) is 12.1. The number of nitrogens with zero attached hydrogens (tertiary/aromatic N) is 1. The second-order valence-corrected chi connectivity index (χ2v) is 8.51. The molecule has 0 saturated heterocycles. The molecule has 2 rings (SSSR count). The molecule has 4 heteroatoms. The quantitative estimate of drug-likeness (QED) is 0.772. The molecule has 0 spiro atoms. The third-order valence-corrected chi connectivity index (χ3v) is 4.13. The van der Waals surface area contributed by atoms with Gasteiger partial charge in [-0.15, -0.1) is 0 Å². The van der Waals surface area contributed by atoms with Crippen molar-refractivity contribution in [2.45, 2.75) is 52.4 Å². The van der Waals surface area contributed by atoms with Gasteiger partial charge in [-0.2, -0.15) is 0 Å². The number of hydrogen-bond donors (Lipinski definition) is 1. The molecule has 1 amide bonds. The van der Waals surface area contributed by atoms with E-state index in [1.165, 1.54) is 6.20 Å². The van der Waals surface area contributed by atoms with Crippen LogP contribution in [-0.4, -0.2) is 10.9 Å². The molecule has 128 valence electrons. The minimum absolute atomic E-state index is 0.0238. The van der Waals surface area contributed by atoms with Crippen LogP contribution < -0.4 is 5.32 Å². The number of halogens is 1. The van der Waals surface area contributed by atoms with Crippen LogP contribution in [0.15, 0.2) is 36.5 Å². The molecule has 3 nitrogen and oxygen atoms in total. The molecule has 1 aromatic heterocycles. The molecule has 0 fully saturated rings. The summed E-state index contributed by atoms with van der Waals surface area (Å²) in [5.41, 5.74) is 2.68. The van der Waals surface area contributed by atoms with Crippen molar-refractivity contribution in [1.82, 2.24) is 4.98 Å². The van der Waals surface area contributed by atoms with Crippen molar-refractivity contribution >= 4 is 23.3 Å². The van der Waals surface area contributed by atoms with Crippen molar-refractivity contribution < 1.29 is 4.79 Å². The van der Waals surface area contributed by atoms with Gasteiger partial charge in [-0.1, -0.05) is 65.3 Å². The Labute approximate surface area is 149 Å². The number of rotatable bonds is 2. The first-order valence-corrected chi connectivity index (χ1v) is 8.44. The smallest absolute Gasteiger partial charge is 0.257 e. The molecule has 1 heterocycles. The van der Waals surface area contributed by atoms with Crippen LogP contribution in [0.3, 0.4) is 0 Å².